The molecule has 4 aromatic rings. The molecule has 0 fully saturated rings. The summed E-state index contributed by atoms with van der Waals surface area (Å²) < 4.78 is 23.4. The average molecular weight is 499 g/mol. The first-order valence-corrected chi connectivity index (χ1v) is 10.7. The molecule has 12 heteroatoms. The Labute approximate surface area is 205 Å². The quantitative estimate of drug-likeness (QED) is 0.371. The summed E-state index contributed by atoms with van der Waals surface area (Å²) >= 11 is 5.97. The van der Waals surface area contributed by atoms with Gasteiger partial charge in [0.25, 0.3) is 5.91 Å². The summed E-state index contributed by atoms with van der Waals surface area (Å²) in [6, 6.07) is 10.2. The van der Waals surface area contributed by atoms with E-state index in [1.54, 1.807) is 43.3 Å². The number of hydrogen-bond acceptors (Lipinski definition) is 9. The molecule has 0 radical (unpaired) electrons. The summed E-state index contributed by atoms with van der Waals surface area (Å²) in [6.45, 7) is 1.91. The summed E-state index contributed by atoms with van der Waals surface area (Å²) in [5.74, 6) is 1.86. The number of halogens is 1. The third-order valence-electron chi connectivity index (χ3n) is 5.17. The summed E-state index contributed by atoms with van der Waals surface area (Å²) in [4.78, 5) is 17.2. The van der Waals surface area contributed by atoms with Crippen molar-refractivity contribution < 1.29 is 23.4 Å². The molecule has 0 spiro atoms. The van der Waals surface area contributed by atoms with Crippen molar-refractivity contribution in [2.45, 2.75) is 13.5 Å². The molecule has 0 saturated heterocycles. The van der Waals surface area contributed by atoms with Crippen LogP contribution >= 0.6 is 11.6 Å². The van der Waals surface area contributed by atoms with Crippen molar-refractivity contribution in [1.29, 1.82) is 0 Å². The molecule has 0 aliphatic rings. The molecular weight excluding hydrogens is 476 g/mol. The van der Waals surface area contributed by atoms with Gasteiger partial charge in [0.2, 0.25) is 11.6 Å². The standard InChI is InChI=1S/C23H23ClN6O5/c1-12-16(27-23(35-12)13-8-17(32-2)20(34-4)18(9-13)33-3)11-30-21(25)19(28-29-30)22(31)26-15-7-5-6-14(24)10-15/h5-10H,11,25H2,1-4H3,(H,26,31). The number of carbonyl (C=O) groups excluding carboxylic acids is 1. The van der Waals surface area contributed by atoms with Crippen molar-refractivity contribution in [2.24, 2.45) is 0 Å². The van der Waals surface area contributed by atoms with Gasteiger partial charge in [-0.25, -0.2) is 9.67 Å². The number of aryl methyl sites for hydroxylation is 1. The van der Waals surface area contributed by atoms with E-state index in [2.05, 4.69) is 20.6 Å². The highest BCUT2D eigenvalue weighted by atomic mass is 35.5. The van der Waals surface area contributed by atoms with E-state index in [0.717, 1.165) is 0 Å². The minimum atomic E-state index is -0.508. The molecule has 2 aromatic heterocycles. The van der Waals surface area contributed by atoms with Crippen LogP contribution in [0.3, 0.4) is 0 Å². The van der Waals surface area contributed by atoms with E-state index in [0.29, 0.717) is 50.9 Å². The fourth-order valence-electron chi connectivity index (χ4n) is 3.40. The van der Waals surface area contributed by atoms with E-state index in [9.17, 15) is 4.79 Å². The molecule has 11 nitrogen and oxygen atoms in total. The third-order valence-corrected chi connectivity index (χ3v) is 5.41. The Morgan fingerprint density at radius 1 is 1.14 bits per heavy atom. The van der Waals surface area contributed by atoms with Crippen LogP contribution in [-0.4, -0.2) is 47.2 Å². The molecule has 182 valence electrons. The van der Waals surface area contributed by atoms with Crippen LogP contribution in [0.15, 0.2) is 40.8 Å². The molecule has 0 aliphatic carbocycles. The number of benzene rings is 2. The maximum Gasteiger partial charge on any atom is 0.280 e. The van der Waals surface area contributed by atoms with Crippen LogP contribution in [0.5, 0.6) is 17.2 Å². The fraction of sp³-hybridized carbons (Fsp3) is 0.217. The van der Waals surface area contributed by atoms with E-state index in [1.165, 1.54) is 26.0 Å². The number of amides is 1. The number of carbonyl (C=O) groups is 1. The van der Waals surface area contributed by atoms with E-state index in [4.69, 9.17) is 36.0 Å². The van der Waals surface area contributed by atoms with Gasteiger partial charge < -0.3 is 29.7 Å². The Bertz CT molecular complexity index is 1360. The second-order valence-electron chi connectivity index (χ2n) is 7.38. The highest BCUT2D eigenvalue weighted by Crippen LogP contribution is 2.41. The molecule has 35 heavy (non-hydrogen) atoms. The van der Waals surface area contributed by atoms with Crippen LogP contribution in [-0.2, 0) is 6.54 Å². The van der Waals surface area contributed by atoms with Crippen LogP contribution in [0.25, 0.3) is 11.5 Å². The van der Waals surface area contributed by atoms with Crippen LogP contribution < -0.4 is 25.3 Å². The van der Waals surface area contributed by atoms with Crippen LogP contribution in [0, 0.1) is 6.92 Å². The van der Waals surface area contributed by atoms with E-state index in [-0.39, 0.29) is 18.1 Å². The highest BCUT2D eigenvalue weighted by molar-refractivity contribution is 6.31. The topological polar surface area (TPSA) is 140 Å². The van der Waals surface area contributed by atoms with Gasteiger partial charge in [-0.15, -0.1) is 5.10 Å². The van der Waals surface area contributed by atoms with Gasteiger partial charge in [-0.3, -0.25) is 4.79 Å². The van der Waals surface area contributed by atoms with Gasteiger partial charge in [0, 0.05) is 16.3 Å². The SMILES string of the molecule is COc1cc(-c2nc(Cn3nnc(C(=O)Nc4cccc(Cl)c4)c3N)c(C)o2)cc(OC)c1OC. The Kier molecular flexibility index (Phi) is 6.78. The molecule has 1 amide bonds. The molecule has 3 N–H and O–H groups in total. The van der Waals surface area contributed by atoms with Crippen molar-refractivity contribution >= 4 is 29.0 Å². The lowest BCUT2D eigenvalue weighted by Gasteiger charge is -2.12. The molecule has 0 unspecified atom stereocenters. The summed E-state index contributed by atoms with van der Waals surface area (Å²) in [7, 11) is 4.58. The Morgan fingerprint density at radius 2 is 1.86 bits per heavy atom. The predicted molar refractivity (Wildman–Crippen MR) is 129 cm³/mol. The number of aromatic nitrogens is 4. The van der Waals surface area contributed by atoms with Crippen molar-refractivity contribution in [3.63, 3.8) is 0 Å². The summed E-state index contributed by atoms with van der Waals surface area (Å²) in [5, 5.41) is 11.1. The fourth-order valence-corrected chi connectivity index (χ4v) is 3.59. The number of nitrogens with one attached hydrogen (secondary N) is 1. The first-order valence-electron chi connectivity index (χ1n) is 10.4. The highest BCUT2D eigenvalue weighted by Gasteiger charge is 2.22. The zero-order valence-electron chi connectivity index (χ0n) is 19.5. The summed E-state index contributed by atoms with van der Waals surface area (Å²) in [6.07, 6.45) is 0. The molecule has 2 aromatic carbocycles. The number of oxazole rings is 1. The van der Waals surface area contributed by atoms with Gasteiger partial charge in [0.15, 0.2) is 23.0 Å². The number of nitrogen functional groups attached to an aromatic ring is 1. The van der Waals surface area contributed by atoms with Crippen LogP contribution in [0.2, 0.25) is 5.02 Å². The minimum absolute atomic E-state index is 0.0176. The maximum absolute atomic E-state index is 12.6. The van der Waals surface area contributed by atoms with Crippen LogP contribution in [0.4, 0.5) is 11.5 Å². The normalized spacial score (nSPS) is 10.8. The molecule has 2 heterocycles. The number of nitrogens with two attached hydrogens (primary N) is 1. The van der Waals surface area contributed by atoms with Gasteiger partial charge in [0.1, 0.15) is 11.5 Å². The average Bonchev–Trinajstić information content (AvgIpc) is 3.40. The Morgan fingerprint density at radius 3 is 2.49 bits per heavy atom. The first kappa shape index (κ1) is 23.9. The lowest BCUT2D eigenvalue weighted by molar-refractivity contribution is 0.102. The molecular formula is C23H23ClN6O5. The molecule has 0 saturated carbocycles. The summed E-state index contributed by atoms with van der Waals surface area (Å²) in [5.41, 5.74) is 7.84. The second-order valence-corrected chi connectivity index (χ2v) is 7.82. The molecule has 0 atom stereocenters. The minimum Gasteiger partial charge on any atom is -0.493 e. The van der Waals surface area contributed by atoms with Gasteiger partial charge >= 0.3 is 0 Å². The lowest BCUT2D eigenvalue weighted by atomic mass is 10.2. The van der Waals surface area contributed by atoms with Crippen molar-refractivity contribution in [3.8, 4) is 28.7 Å². The van der Waals surface area contributed by atoms with Gasteiger partial charge in [0.05, 0.1) is 27.9 Å². The number of hydrogen-bond donors (Lipinski definition) is 2. The Hall–Kier alpha value is -4.25. The number of nitrogens with zero attached hydrogens (tertiary/aromatic N) is 4. The smallest absolute Gasteiger partial charge is 0.280 e. The first-order chi connectivity index (χ1) is 16.8. The number of ether oxygens (including phenoxy) is 3. The number of methoxy groups -OCH3 is 3. The van der Waals surface area contributed by atoms with Crippen LogP contribution in [0.1, 0.15) is 21.9 Å². The van der Waals surface area contributed by atoms with E-state index < -0.39 is 5.91 Å². The zero-order valence-corrected chi connectivity index (χ0v) is 20.2. The third kappa shape index (κ3) is 4.85. The van der Waals surface area contributed by atoms with E-state index in [1.807, 2.05) is 0 Å². The lowest BCUT2D eigenvalue weighted by Crippen LogP contribution is -2.15. The van der Waals surface area contributed by atoms with Gasteiger partial charge in [-0.1, -0.05) is 22.9 Å². The Balaban J connectivity index is 1.58. The molecule has 0 bridgehead atoms. The van der Waals surface area contributed by atoms with Crippen molar-refractivity contribution in [1.82, 2.24) is 20.0 Å². The molecule has 0 aliphatic heterocycles. The zero-order chi connectivity index (χ0) is 25.1. The predicted octanol–water partition coefficient (Wildman–Crippen LogP) is 3.80. The number of anilines is 2. The molecule has 4 rings (SSSR count). The second kappa shape index (κ2) is 9.94. The van der Waals surface area contributed by atoms with Crippen molar-refractivity contribution in [3.05, 3.63) is 58.6 Å². The number of rotatable bonds is 8. The van der Waals surface area contributed by atoms with Crippen molar-refractivity contribution in [2.75, 3.05) is 32.4 Å². The maximum atomic E-state index is 12.6. The van der Waals surface area contributed by atoms with Gasteiger partial charge in [-0.2, -0.15) is 0 Å². The largest absolute Gasteiger partial charge is 0.493 e. The monoisotopic (exact) mass is 498 g/mol. The van der Waals surface area contributed by atoms with Gasteiger partial charge in [-0.05, 0) is 37.3 Å². The van der Waals surface area contributed by atoms with E-state index >= 15 is 0 Å².